The first kappa shape index (κ1) is 12.5. The van der Waals surface area contributed by atoms with Crippen LogP contribution < -0.4 is 0 Å². The summed E-state index contributed by atoms with van der Waals surface area (Å²) in [6.45, 7) is 1.83. The molecule has 0 unspecified atom stereocenters. The van der Waals surface area contributed by atoms with Gasteiger partial charge >= 0.3 is 0 Å². The van der Waals surface area contributed by atoms with Gasteiger partial charge in [0.05, 0.1) is 5.56 Å². The summed E-state index contributed by atoms with van der Waals surface area (Å²) in [4.78, 5) is 0. The van der Waals surface area contributed by atoms with E-state index in [-0.39, 0.29) is 6.54 Å². The predicted octanol–water partition coefficient (Wildman–Crippen LogP) is 2.66. The summed E-state index contributed by atoms with van der Waals surface area (Å²) >= 11 is 0. The highest BCUT2D eigenvalue weighted by Crippen LogP contribution is 2.30. The number of rotatable bonds is 2. The lowest BCUT2D eigenvalue weighted by atomic mass is 10.1. The van der Waals surface area contributed by atoms with Crippen LogP contribution >= 0.6 is 0 Å². The quantitative estimate of drug-likeness (QED) is 0.474. The lowest BCUT2D eigenvalue weighted by Crippen LogP contribution is -2.07. The van der Waals surface area contributed by atoms with Crippen LogP contribution in [0.15, 0.2) is 6.33 Å². The van der Waals surface area contributed by atoms with Crippen molar-refractivity contribution in [3.05, 3.63) is 35.4 Å². The number of nitrogens with zero attached hydrogens (tertiary/aromatic N) is 3. The van der Waals surface area contributed by atoms with Gasteiger partial charge in [0.1, 0.15) is 6.33 Å². The van der Waals surface area contributed by atoms with Gasteiger partial charge in [-0.3, -0.25) is 0 Å². The number of halogens is 5. The van der Waals surface area contributed by atoms with E-state index in [0.29, 0.717) is 0 Å². The minimum absolute atomic E-state index is 0.224. The fourth-order valence-electron chi connectivity index (χ4n) is 1.48. The molecule has 1 heterocycles. The molecule has 0 saturated carbocycles. The maximum atomic E-state index is 13.5. The van der Waals surface area contributed by atoms with Gasteiger partial charge in [0.15, 0.2) is 29.1 Å². The van der Waals surface area contributed by atoms with Gasteiger partial charge in [-0.2, -0.15) is 0 Å². The van der Waals surface area contributed by atoms with E-state index in [2.05, 4.69) is 10.2 Å². The van der Waals surface area contributed by atoms with Gasteiger partial charge in [-0.05, 0) is 6.92 Å². The molecular weight excluding hydrogens is 257 g/mol. The lowest BCUT2D eigenvalue weighted by Gasteiger charge is -2.08. The highest BCUT2D eigenvalue weighted by atomic mass is 19.2. The summed E-state index contributed by atoms with van der Waals surface area (Å²) in [6, 6.07) is 0. The Bertz CT molecular complexity index is 579. The van der Waals surface area contributed by atoms with Crippen molar-refractivity contribution in [1.29, 1.82) is 0 Å². The summed E-state index contributed by atoms with van der Waals surface area (Å²) in [5.74, 6) is -10.5. The molecule has 0 aliphatic rings. The van der Waals surface area contributed by atoms with Gasteiger partial charge < -0.3 is 4.57 Å². The molecule has 1 aromatic carbocycles. The Morgan fingerprint density at radius 3 is 1.94 bits per heavy atom. The molecule has 0 spiro atoms. The number of hydrogen-bond donors (Lipinski definition) is 0. The van der Waals surface area contributed by atoms with Crippen molar-refractivity contribution in [2.45, 2.75) is 13.5 Å². The molecule has 0 fully saturated rings. The van der Waals surface area contributed by atoms with Crippen molar-refractivity contribution >= 4 is 0 Å². The van der Waals surface area contributed by atoms with Crippen molar-refractivity contribution in [1.82, 2.24) is 14.8 Å². The van der Waals surface area contributed by atoms with Gasteiger partial charge in [-0.15, -0.1) is 10.2 Å². The zero-order valence-corrected chi connectivity index (χ0v) is 9.02. The normalized spacial score (nSPS) is 11.0. The minimum Gasteiger partial charge on any atom is -0.314 e. The van der Waals surface area contributed by atoms with Crippen LogP contribution in [-0.2, 0) is 6.54 Å². The van der Waals surface area contributed by atoms with Crippen molar-refractivity contribution in [3.63, 3.8) is 0 Å². The summed E-state index contributed by atoms with van der Waals surface area (Å²) in [6.07, 6.45) is 1.13. The summed E-state index contributed by atoms with van der Waals surface area (Å²) in [5, 5.41) is 6.74. The van der Waals surface area contributed by atoms with E-state index in [1.807, 2.05) is 0 Å². The first-order valence-corrected chi connectivity index (χ1v) is 4.88. The molecule has 0 radical (unpaired) electrons. The maximum Gasteiger partial charge on any atom is 0.200 e. The van der Waals surface area contributed by atoms with Crippen LogP contribution in [0.3, 0.4) is 0 Å². The second kappa shape index (κ2) is 4.35. The molecule has 2 rings (SSSR count). The summed E-state index contributed by atoms with van der Waals surface area (Å²) in [7, 11) is 0. The molecular formula is C10H6F5N3. The van der Waals surface area contributed by atoms with Gasteiger partial charge in [-0.25, -0.2) is 22.0 Å². The number of hydrogen-bond acceptors (Lipinski definition) is 2. The average molecular weight is 263 g/mol. The van der Waals surface area contributed by atoms with Crippen molar-refractivity contribution in [3.8, 4) is 11.4 Å². The zero-order chi connectivity index (χ0) is 13.4. The van der Waals surface area contributed by atoms with E-state index < -0.39 is 40.5 Å². The Labute approximate surface area is 97.9 Å². The molecule has 0 aliphatic carbocycles. The molecule has 0 bridgehead atoms. The van der Waals surface area contributed by atoms with E-state index >= 15 is 0 Å². The van der Waals surface area contributed by atoms with E-state index in [0.717, 1.165) is 10.9 Å². The van der Waals surface area contributed by atoms with Crippen molar-refractivity contribution in [2.75, 3.05) is 0 Å². The van der Waals surface area contributed by atoms with Crippen LogP contribution in [0, 0.1) is 29.1 Å². The largest absolute Gasteiger partial charge is 0.314 e. The van der Waals surface area contributed by atoms with Crippen molar-refractivity contribution in [2.24, 2.45) is 0 Å². The van der Waals surface area contributed by atoms with Crippen LogP contribution in [0.5, 0.6) is 0 Å². The van der Waals surface area contributed by atoms with Gasteiger partial charge in [0.2, 0.25) is 5.82 Å². The van der Waals surface area contributed by atoms with E-state index in [1.165, 1.54) is 0 Å². The maximum absolute atomic E-state index is 13.5. The first-order valence-electron chi connectivity index (χ1n) is 4.88. The first-order chi connectivity index (χ1) is 8.49. The topological polar surface area (TPSA) is 30.7 Å². The fourth-order valence-corrected chi connectivity index (χ4v) is 1.48. The molecule has 0 amide bonds. The molecule has 2 aromatic rings. The molecule has 96 valence electrons. The third-order valence-corrected chi connectivity index (χ3v) is 2.39. The Balaban J connectivity index is 2.80. The smallest absolute Gasteiger partial charge is 0.200 e. The molecule has 8 heteroatoms. The third-order valence-electron chi connectivity index (χ3n) is 2.39. The second-order valence-corrected chi connectivity index (χ2v) is 3.39. The highest BCUT2D eigenvalue weighted by Gasteiger charge is 2.28. The molecule has 3 nitrogen and oxygen atoms in total. The van der Waals surface area contributed by atoms with E-state index in [4.69, 9.17) is 0 Å². The molecule has 0 atom stereocenters. The van der Waals surface area contributed by atoms with Crippen LogP contribution in [0.1, 0.15) is 6.92 Å². The standard InChI is InChI=1S/C10H6F5N3/c1-2-18-3-16-17-10(18)4-5(11)7(13)9(15)8(14)6(4)12/h3H,2H2,1H3. The van der Waals surface area contributed by atoms with Crippen LogP contribution in [0.2, 0.25) is 0 Å². The van der Waals surface area contributed by atoms with Gasteiger partial charge in [0, 0.05) is 6.54 Å². The molecule has 0 saturated heterocycles. The molecule has 0 N–H and O–H groups in total. The zero-order valence-electron chi connectivity index (χ0n) is 9.02. The number of benzene rings is 1. The second-order valence-electron chi connectivity index (χ2n) is 3.39. The van der Waals surface area contributed by atoms with Crippen LogP contribution in [0.25, 0.3) is 11.4 Å². The average Bonchev–Trinajstić information content (AvgIpc) is 2.82. The fraction of sp³-hybridized carbons (Fsp3) is 0.200. The summed E-state index contributed by atoms with van der Waals surface area (Å²) < 4.78 is 67.0. The van der Waals surface area contributed by atoms with Crippen LogP contribution in [0.4, 0.5) is 22.0 Å². The van der Waals surface area contributed by atoms with Crippen molar-refractivity contribution < 1.29 is 22.0 Å². The monoisotopic (exact) mass is 263 g/mol. The Kier molecular flexibility index (Phi) is 3.02. The van der Waals surface area contributed by atoms with E-state index in [1.54, 1.807) is 6.92 Å². The predicted molar refractivity (Wildman–Crippen MR) is 50.9 cm³/mol. The SMILES string of the molecule is CCn1cnnc1-c1c(F)c(F)c(F)c(F)c1F. The minimum atomic E-state index is -2.20. The number of aromatic nitrogens is 3. The molecule has 18 heavy (non-hydrogen) atoms. The van der Waals surface area contributed by atoms with Crippen LogP contribution in [-0.4, -0.2) is 14.8 Å². The Morgan fingerprint density at radius 2 is 1.44 bits per heavy atom. The molecule has 1 aromatic heterocycles. The highest BCUT2D eigenvalue weighted by molar-refractivity contribution is 5.57. The third kappa shape index (κ3) is 1.64. The van der Waals surface area contributed by atoms with E-state index in [9.17, 15) is 22.0 Å². The molecule has 0 aliphatic heterocycles. The Morgan fingerprint density at radius 1 is 0.944 bits per heavy atom. The Hall–Kier alpha value is -1.99. The van der Waals surface area contributed by atoms with Gasteiger partial charge in [-0.1, -0.05) is 0 Å². The number of aryl methyl sites for hydroxylation is 1. The van der Waals surface area contributed by atoms with Gasteiger partial charge in [0.25, 0.3) is 0 Å². The lowest BCUT2D eigenvalue weighted by molar-refractivity contribution is 0.380. The summed E-state index contributed by atoms with van der Waals surface area (Å²) in [5.41, 5.74) is -1.08.